The Kier molecular flexibility index (Phi) is 12.1. The van der Waals surface area contributed by atoms with E-state index in [9.17, 15) is 18.0 Å². The van der Waals surface area contributed by atoms with Gasteiger partial charge in [-0.3, -0.25) is 13.9 Å². The van der Waals surface area contributed by atoms with Gasteiger partial charge in [-0.1, -0.05) is 56.0 Å². The minimum atomic E-state index is -3.58. The van der Waals surface area contributed by atoms with Crippen LogP contribution in [0.1, 0.15) is 70.8 Å². The molecule has 3 rings (SSSR count). The van der Waals surface area contributed by atoms with E-state index in [1.807, 2.05) is 32.0 Å². The van der Waals surface area contributed by atoms with E-state index >= 15 is 0 Å². The van der Waals surface area contributed by atoms with Crippen LogP contribution in [-0.2, 0) is 26.2 Å². The van der Waals surface area contributed by atoms with Crippen molar-refractivity contribution < 1.29 is 22.7 Å². The zero-order valence-corrected chi connectivity index (χ0v) is 25.3. The number of benzene rings is 2. The van der Waals surface area contributed by atoms with E-state index < -0.39 is 16.1 Å². The first-order valence-corrected chi connectivity index (χ1v) is 16.4. The molecular weight excluding hydrogens is 550 g/mol. The summed E-state index contributed by atoms with van der Waals surface area (Å²) in [5.41, 5.74) is 1.26. The Morgan fingerprint density at radius 3 is 2.33 bits per heavy atom. The van der Waals surface area contributed by atoms with Crippen LogP contribution in [-0.4, -0.2) is 56.6 Å². The van der Waals surface area contributed by atoms with E-state index in [1.54, 1.807) is 35.2 Å². The van der Waals surface area contributed by atoms with Gasteiger partial charge in [0, 0.05) is 30.6 Å². The summed E-state index contributed by atoms with van der Waals surface area (Å²) >= 11 is 6.43. The summed E-state index contributed by atoms with van der Waals surface area (Å²) in [5.74, 6) is 0.287. The fourth-order valence-electron chi connectivity index (χ4n) is 5.15. The molecule has 1 aliphatic rings. The summed E-state index contributed by atoms with van der Waals surface area (Å²) in [6.45, 7) is 4.62. The molecule has 0 spiro atoms. The zero-order chi connectivity index (χ0) is 29.1. The van der Waals surface area contributed by atoms with Crippen molar-refractivity contribution in [2.45, 2.75) is 83.8 Å². The Morgan fingerprint density at radius 1 is 1.05 bits per heavy atom. The van der Waals surface area contributed by atoms with Gasteiger partial charge in [0.1, 0.15) is 11.8 Å². The van der Waals surface area contributed by atoms with Gasteiger partial charge in [-0.05, 0) is 68.5 Å². The standard InChI is InChI=1S/C30H42ClN3O5S/c1-4-28(30(36)32-24-13-7-6-8-14-24)33(22-23-12-9-10-15-27(23)31)29(35)16-11-21-34(40(3,37)38)25-17-19-26(20-18-25)39-5-2/h9-10,12,15,17-20,24,28H,4-8,11,13-14,16,21-22H2,1-3H3,(H,32,36)/t28-/m1/s1. The van der Waals surface area contributed by atoms with Crippen molar-refractivity contribution in [3.63, 3.8) is 0 Å². The Bertz CT molecular complexity index is 1220. The number of nitrogens with zero attached hydrogens (tertiary/aromatic N) is 2. The average Bonchev–Trinajstić information content (AvgIpc) is 2.92. The number of carbonyl (C=O) groups is 2. The molecule has 0 radical (unpaired) electrons. The third-order valence-corrected chi connectivity index (χ3v) is 8.79. The number of hydrogen-bond donors (Lipinski definition) is 1. The van der Waals surface area contributed by atoms with Crippen LogP contribution in [0.2, 0.25) is 5.02 Å². The summed E-state index contributed by atoms with van der Waals surface area (Å²) in [4.78, 5) is 28.7. The number of rotatable bonds is 14. The molecule has 40 heavy (non-hydrogen) atoms. The summed E-state index contributed by atoms with van der Waals surface area (Å²) in [5, 5.41) is 3.70. The molecule has 0 bridgehead atoms. The molecule has 0 aromatic heterocycles. The second kappa shape index (κ2) is 15.3. The van der Waals surface area contributed by atoms with Gasteiger partial charge in [0.2, 0.25) is 21.8 Å². The van der Waals surface area contributed by atoms with E-state index in [1.165, 1.54) is 10.7 Å². The maximum absolute atomic E-state index is 13.7. The number of carbonyl (C=O) groups excluding carboxylic acids is 2. The smallest absolute Gasteiger partial charge is 0.243 e. The van der Waals surface area contributed by atoms with Crippen molar-refractivity contribution in [2.75, 3.05) is 23.7 Å². The second-order valence-electron chi connectivity index (χ2n) is 10.2. The summed E-state index contributed by atoms with van der Waals surface area (Å²) in [7, 11) is -3.58. The molecule has 1 saturated carbocycles. The fraction of sp³-hybridized carbons (Fsp3) is 0.533. The summed E-state index contributed by atoms with van der Waals surface area (Å²) < 4.78 is 31.9. The van der Waals surface area contributed by atoms with E-state index in [-0.39, 0.29) is 37.4 Å². The molecule has 1 fully saturated rings. The lowest BCUT2D eigenvalue weighted by molar-refractivity contribution is -0.141. The number of halogens is 1. The van der Waals surface area contributed by atoms with E-state index in [0.29, 0.717) is 35.9 Å². The van der Waals surface area contributed by atoms with Gasteiger partial charge in [0.25, 0.3) is 0 Å². The summed E-state index contributed by atoms with van der Waals surface area (Å²) in [6.07, 6.45) is 7.25. The van der Waals surface area contributed by atoms with Crippen molar-refractivity contribution in [1.82, 2.24) is 10.2 Å². The van der Waals surface area contributed by atoms with Crippen LogP contribution >= 0.6 is 11.6 Å². The quantitative estimate of drug-likeness (QED) is 0.311. The molecule has 8 nitrogen and oxygen atoms in total. The van der Waals surface area contributed by atoms with Crippen LogP contribution in [0, 0.1) is 0 Å². The molecule has 220 valence electrons. The van der Waals surface area contributed by atoms with E-state index in [2.05, 4.69) is 5.32 Å². The van der Waals surface area contributed by atoms with E-state index in [4.69, 9.17) is 16.3 Å². The molecular formula is C30H42ClN3O5S. The zero-order valence-electron chi connectivity index (χ0n) is 23.8. The molecule has 1 aliphatic carbocycles. The molecule has 0 unspecified atom stereocenters. The second-order valence-corrected chi connectivity index (χ2v) is 12.6. The van der Waals surface area contributed by atoms with Gasteiger partial charge < -0.3 is 15.0 Å². The number of anilines is 1. The van der Waals surface area contributed by atoms with Crippen LogP contribution in [0.4, 0.5) is 5.69 Å². The molecule has 0 aliphatic heterocycles. The first kappa shape index (κ1) is 31.7. The molecule has 0 saturated heterocycles. The lowest BCUT2D eigenvalue weighted by Crippen LogP contribution is -2.51. The van der Waals surface area contributed by atoms with Crippen molar-refractivity contribution >= 4 is 39.1 Å². The molecule has 2 amide bonds. The lowest BCUT2D eigenvalue weighted by atomic mass is 9.95. The number of amides is 2. The van der Waals surface area contributed by atoms with Gasteiger partial charge >= 0.3 is 0 Å². The molecule has 1 N–H and O–H groups in total. The monoisotopic (exact) mass is 591 g/mol. The highest BCUT2D eigenvalue weighted by atomic mass is 35.5. The Hall–Kier alpha value is -2.78. The molecule has 1 atom stereocenters. The highest BCUT2D eigenvalue weighted by Gasteiger charge is 2.31. The lowest BCUT2D eigenvalue weighted by Gasteiger charge is -2.33. The molecule has 2 aromatic rings. The van der Waals surface area contributed by atoms with Crippen molar-refractivity contribution in [3.8, 4) is 5.75 Å². The first-order valence-electron chi connectivity index (χ1n) is 14.2. The minimum absolute atomic E-state index is 0.0840. The van der Waals surface area contributed by atoms with Crippen LogP contribution in [0.25, 0.3) is 0 Å². The van der Waals surface area contributed by atoms with Gasteiger partial charge in [-0.2, -0.15) is 0 Å². The van der Waals surface area contributed by atoms with Crippen molar-refractivity contribution in [1.29, 1.82) is 0 Å². The van der Waals surface area contributed by atoms with Crippen molar-refractivity contribution in [2.24, 2.45) is 0 Å². The Labute approximate surface area is 244 Å². The molecule has 10 heteroatoms. The number of hydrogen-bond acceptors (Lipinski definition) is 5. The first-order chi connectivity index (χ1) is 19.1. The van der Waals surface area contributed by atoms with Gasteiger partial charge in [0.15, 0.2) is 0 Å². The number of sulfonamides is 1. The van der Waals surface area contributed by atoms with Crippen LogP contribution in [0.5, 0.6) is 5.75 Å². The maximum atomic E-state index is 13.7. The normalized spacial score (nSPS) is 14.8. The minimum Gasteiger partial charge on any atom is -0.494 e. The molecule has 0 heterocycles. The molecule has 2 aromatic carbocycles. The number of ether oxygens (including phenoxy) is 1. The van der Waals surface area contributed by atoms with Gasteiger partial charge in [-0.15, -0.1) is 0 Å². The maximum Gasteiger partial charge on any atom is 0.243 e. The van der Waals surface area contributed by atoms with Crippen LogP contribution in [0.3, 0.4) is 0 Å². The van der Waals surface area contributed by atoms with Crippen LogP contribution in [0.15, 0.2) is 48.5 Å². The fourth-order valence-corrected chi connectivity index (χ4v) is 6.31. The third-order valence-electron chi connectivity index (χ3n) is 7.22. The Morgan fingerprint density at radius 2 is 1.73 bits per heavy atom. The summed E-state index contributed by atoms with van der Waals surface area (Å²) in [6, 6.07) is 13.6. The van der Waals surface area contributed by atoms with Gasteiger partial charge in [0.05, 0.1) is 18.6 Å². The van der Waals surface area contributed by atoms with Gasteiger partial charge in [-0.25, -0.2) is 8.42 Å². The highest BCUT2D eigenvalue weighted by molar-refractivity contribution is 7.92. The van der Waals surface area contributed by atoms with Crippen LogP contribution < -0.4 is 14.4 Å². The largest absolute Gasteiger partial charge is 0.494 e. The van der Waals surface area contributed by atoms with E-state index in [0.717, 1.165) is 37.5 Å². The predicted octanol–water partition coefficient (Wildman–Crippen LogP) is 5.54. The predicted molar refractivity (Wildman–Crippen MR) is 160 cm³/mol. The topological polar surface area (TPSA) is 96.0 Å². The highest BCUT2D eigenvalue weighted by Crippen LogP contribution is 2.24. The SMILES string of the molecule is CCOc1ccc(N(CCCC(=O)N(Cc2ccccc2Cl)[C@H](CC)C(=O)NC2CCCCC2)S(C)(=O)=O)cc1. The number of nitrogens with one attached hydrogen (secondary N) is 1. The Balaban J connectivity index is 1.75. The van der Waals surface area contributed by atoms with Crippen molar-refractivity contribution in [3.05, 3.63) is 59.1 Å². The third kappa shape index (κ3) is 9.13. The average molecular weight is 592 g/mol.